The van der Waals surface area contributed by atoms with Gasteiger partial charge in [0.25, 0.3) is 0 Å². The fourth-order valence-electron chi connectivity index (χ4n) is 3.63. The number of ether oxygens (including phenoxy) is 1. The van der Waals surface area contributed by atoms with Gasteiger partial charge in [0.2, 0.25) is 0 Å². The minimum absolute atomic E-state index is 0.0647. The van der Waals surface area contributed by atoms with Gasteiger partial charge in [-0.15, -0.1) is 11.3 Å². The summed E-state index contributed by atoms with van der Waals surface area (Å²) in [4.78, 5) is 4.01. The zero-order valence-corrected chi connectivity index (χ0v) is 14.0. The Balaban J connectivity index is 2.24. The average molecular weight is 296 g/mol. The number of hydrogen-bond acceptors (Lipinski definition) is 4. The van der Waals surface area contributed by atoms with Crippen molar-refractivity contribution in [3.8, 4) is 0 Å². The highest BCUT2D eigenvalue weighted by atomic mass is 32.1. The molecule has 4 heteroatoms. The number of rotatable bonds is 5. The van der Waals surface area contributed by atoms with Crippen molar-refractivity contribution >= 4 is 11.3 Å². The SMILES string of the molecule is CC1CC(CN)(N(Cc2cccs2)C(C)C)CC(C)O1. The highest BCUT2D eigenvalue weighted by Gasteiger charge is 2.43. The van der Waals surface area contributed by atoms with Crippen molar-refractivity contribution in [2.24, 2.45) is 5.73 Å². The fraction of sp³-hybridized carbons (Fsp3) is 0.750. The lowest BCUT2D eigenvalue weighted by atomic mass is 9.81. The van der Waals surface area contributed by atoms with E-state index in [9.17, 15) is 0 Å². The van der Waals surface area contributed by atoms with E-state index in [1.807, 2.05) is 11.3 Å². The quantitative estimate of drug-likeness (QED) is 0.906. The number of hydrogen-bond donors (Lipinski definition) is 1. The van der Waals surface area contributed by atoms with Gasteiger partial charge in [0, 0.05) is 29.5 Å². The molecule has 2 heterocycles. The highest BCUT2D eigenvalue weighted by Crippen LogP contribution is 2.36. The second-order valence-electron chi connectivity index (χ2n) is 6.40. The monoisotopic (exact) mass is 296 g/mol. The molecule has 20 heavy (non-hydrogen) atoms. The molecule has 0 radical (unpaired) electrons. The maximum atomic E-state index is 6.24. The lowest BCUT2D eigenvalue weighted by Crippen LogP contribution is -2.61. The van der Waals surface area contributed by atoms with Crippen LogP contribution in [0.15, 0.2) is 17.5 Å². The first-order valence-electron chi connectivity index (χ1n) is 7.61. The molecule has 1 aliphatic heterocycles. The summed E-state index contributed by atoms with van der Waals surface area (Å²) in [7, 11) is 0. The van der Waals surface area contributed by atoms with Crippen LogP contribution in [0.5, 0.6) is 0 Å². The van der Waals surface area contributed by atoms with Crippen molar-refractivity contribution in [3.05, 3.63) is 22.4 Å². The molecule has 0 saturated carbocycles. The van der Waals surface area contributed by atoms with Crippen molar-refractivity contribution in [2.45, 2.75) is 70.9 Å². The lowest BCUT2D eigenvalue weighted by molar-refractivity contribution is -0.112. The standard InChI is InChI=1S/C16H28N2OS/c1-12(2)18(10-15-6-5-7-20-15)16(11-17)8-13(3)19-14(4)9-16/h5-7,12-14H,8-11,17H2,1-4H3. The summed E-state index contributed by atoms with van der Waals surface area (Å²) in [6.45, 7) is 10.6. The number of nitrogens with two attached hydrogens (primary N) is 1. The average Bonchev–Trinajstić information content (AvgIpc) is 2.87. The molecule has 1 aliphatic rings. The summed E-state index contributed by atoms with van der Waals surface area (Å²) in [6, 6.07) is 4.83. The summed E-state index contributed by atoms with van der Waals surface area (Å²) < 4.78 is 5.93. The molecule has 1 aromatic heterocycles. The van der Waals surface area contributed by atoms with E-state index in [1.54, 1.807) is 0 Å². The van der Waals surface area contributed by atoms with E-state index in [2.05, 4.69) is 50.1 Å². The van der Waals surface area contributed by atoms with Crippen molar-refractivity contribution in [1.82, 2.24) is 4.90 Å². The van der Waals surface area contributed by atoms with Gasteiger partial charge in [-0.25, -0.2) is 0 Å². The van der Waals surface area contributed by atoms with Crippen molar-refractivity contribution in [3.63, 3.8) is 0 Å². The highest BCUT2D eigenvalue weighted by molar-refractivity contribution is 7.09. The molecule has 114 valence electrons. The molecular formula is C16H28N2OS. The lowest BCUT2D eigenvalue weighted by Gasteiger charge is -2.51. The zero-order chi connectivity index (χ0) is 14.8. The van der Waals surface area contributed by atoms with Gasteiger partial charge in [-0.2, -0.15) is 0 Å². The van der Waals surface area contributed by atoms with Crippen molar-refractivity contribution < 1.29 is 4.74 Å². The van der Waals surface area contributed by atoms with Gasteiger partial charge in [0.1, 0.15) is 0 Å². The topological polar surface area (TPSA) is 38.5 Å². The molecular weight excluding hydrogens is 268 g/mol. The van der Waals surface area contributed by atoms with Crippen LogP contribution in [0.1, 0.15) is 45.4 Å². The van der Waals surface area contributed by atoms with Gasteiger partial charge in [-0.1, -0.05) is 6.07 Å². The summed E-state index contributed by atoms with van der Waals surface area (Å²) >= 11 is 1.83. The first kappa shape index (κ1) is 16.0. The van der Waals surface area contributed by atoms with Crippen LogP contribution in [0.4, 0.5) is 0 Å². The van der Waals surface area contributed by atoms with E-state index >= 15 is 0 Å². The van der Waals surface area contributed by atoms with Gasteiger partial charge >= 0.3 is 0 Å². The van der Waals surface area contributed by atoms with Gasteiger partial charge in [0.05, 0.1) is 12.2 Å². The Hall–Kier alpha value is -0.420. The Kier molecular flexibility index (Phi) is 5.24. The minimum Gasteiger partial charge on any atom is -0.375 e. The van der Waals surface area contributed by atoms with E-state index in [1.165, 1.54) is 4.88 Å². The number of nitrogens with zero attached hydrogens (tertiary/aromatic N) is 1. The van der Waals surface area contributed by atoms with Crippen LogP contribution in [-0.4, -0.2) is 35.2 Å². The normalized spacial score (nSPS) is 31.1. The van der Waals surface area contributed by atoms with Crippen LogP contribution in [0.3, 0.4) is 0 Å². The van der Waals surface area contributed by atoms with Gasteiger partial charge in [-0.3, -0.25) is 4.90 Å². The van der Waals surface area contributed by atoms with E-state index in [4.69, 9.17) is 10.5 Å². The molecule has 0 amide bonds. The third kappa shape index (κ3) is 3.42. The molecule has 0 spiro atoms. The number of thiophene rings is 1. The van der Waals surface area contributed by atoms with Gasteiger partial charge in [0.15, 0.2) is 0 Å². The molecule has 0 aromatic carbocycles. The van der Waals surface area contributed by atoms with E-state index < -0.39 is 0 Å². The first-order chi connectivity index (χ1) is 9.47. The smallest absolute Gasteiger partial charge is 0.0568 e. The molecule has 1 saturated heterocycles. The molecule has 2 N–H and O–H groups in total. The predicted molar refractivity (Wildman–Crippen MR) is 86.0 cm³/mol. The molecule has 0 aliphatic carbocycles. The minimum atomic E-state index is 0.0647. The summed E-state index contributed by atoms with van der Waals surface area (Å²) in [5.74, 6) is 0. The van der Waals surface area contributed by atoms with Crippen molar-refractivity contribution in [1.29, 1.82) is 0 Å². The third-order valence-corrected chi connectivity index (χ3v) is 5.18. The second-order valence-corrected chi connectivity index (χ2v) is 7.43. The second kappa shape index (κ2) is 6.56. The van der Waals surface area contributed by atoms with Crippen LogP contribution < -0.4 is 5.73 Å². The Labute approximate surface area is 127 Å². The van der Waals surface area contributed by atoms with Crippen molar-refractivity contribution in [2.75, 3.05) is 6.54 Å². The van der Waals surface area contributed by atoms with Gasteiger partial charge in [-0.05, 0) is 52.0 Å². The van der Waals surface area contributed by atoms with Gasteiger partial charge < -0.3 is 10.5 Å². The van der Waals surface area contributed by atoms with Crippen LogP contribution in [0.2, 0.25) is 0 Å². The first-order valence-corrected chi connectivity index (χ1v) is 8.49. The largest absolute Gasteiger partial charge is 0.375 e. The molecule has 2 unspecified atom stereocenters. The summed E-state index contributed by atoms with van der Waals surface area (Å²) in [5.41, 5.74) is 6.30. The molecule has 2 atom stereocenters. The zero-order valence-electron chi connectivity index (χ0n) is 13.1. The van der Waals surface area contributed by atoms with Crippen LogP contribution in [0, 0.1) is 0 Å². The molecule has 0 bridgehead atoms. The van der Waals surface area contributed by atoms with E-state index in [-0.39, 0.29) is 17.7 Å². The maximum Gasteiger partial charge on any atom is 0.0568 e. The summed E-state index contributed by atoms with van der Waals surface area (Å²) in [5, 5.41) is 2.15. The molecule has 1 fully saturated rings. The van der Waals surface area contributed by atoms with E-state index in [0.29, 0.717) is 12.6 Å². The van der Waals surface area contributed by atoms with Crippen LogP contribution in [-0.2, 0) is 11.3 Å². The maximum absolute atomic E-state index is 6.24. The predicted octanol–water partition coefficient (Wildman–Crippen LogP) is 3.24. The molecule has 2 rings (SSSR count). The Bertz CT molecular complexity index is 395. The Morgan fingerprint density at radius 1 is 1.40 bits per heavy atom. The summed E-state index contributed by atoms with van der Waals surface area (Å²) in [6.07, 6.45) is 2.62. The Morgan fingerprint density at radius 3 is 2.50 bits per heavy atom. The van der Waals surface area contributed by atoms with E-state index in [0.717, 1.165) is 19.4 Å². The molecule has 3 nitrogen and oxygen atoms in total. The van der Waals surface area contributed by atoms with Crippen LogP contribution >= 0.6 is 11.3 Å². The van der Waals surface area contributed by atoms with Crippen LogP contribution in [0.25, 0.3) is 0 Å². The Morgan fingerprint density at radius 2 is 2.05 bits per heavy atom. The molecule has 1 aromatic rings. The third-order valence-electron chi connectivity index (χ3n) is 4.32. The fourth-order valence-corrected chi connectivity index (χ4v) is 4.34.